The molecule has 0 saturated heterocycles. The number of imidazole rings is 1. The van der Waals surface area contributed by atoms with E-state index < -0.39 is 20.0 Å². The van der Waals surface area contributed by atoms with Crippen molar-refractivity contribution in [2.75, 3.05) is 54.6 Å². The molecule has 0 radical (unpaired) electrons. The van der Waals surface area contributed by atoms with Crippen LogP contribution in [-0.2, 0) is 33.7 Å². The average molecular weight is 984 g/mol. The number of para-hydroxylation sites is 2. The third-order valence-electron chi connectivity index (χ3n) is 9.86. The van der Waals surface area contributed by atoms with Crippen LogP contribution in [0.3, 0.4) is 0 Å². The van der Waals surface area contributed by atoms with E-state index in [0.29, 0.717) is 45.0 Å². The molecular formula is C44H42ClN11O10S2. The maximum atomic E-state index is 13.6. The average Bonchev–Trinajstić information content (AvgIpc) is 3.79. The number of sulfonamides is 2. The molecule has 8 rings (SSSR count). The molecule has 0 unspecified atom stereocenters. The second-order valence-electron chi connectivity index (χ2n) is 14.6. The van der Waals surface area contributed by atoms with E-state index in [4.69, 9.17) is 50.2 Å². The molecule has 0 saturated carbocycles. The molecular weight excluding hydrogens is 942 g/mol. The Hall–Kier alpha value is -7.73. The molecule has 5 N–H and O–H groups in total. The highest BCUT2D eigenvalue weighted by atomic mass is 35.5. The van der Waals surface area contributed by atoms with E-state index in [2.05, 4.69) is 35.0 Å². The number of aryl methyl sites for hydroxylation is 1. The van der Waals surface area contributed by atoms with Crippen LogP contribution in [-0.4, -0.2) is 91.0 Å². The molecule has 4 aromatic carbocycles. The first-order valence-electron chi connectivity index (χ1n) is 20.3. The maximum absolute atomic E-state index is 13.6. The van der Waals surface area contributed by atoms with Crippen LogP contribution in [0.25, 0.3) is 22.1 Å². The Kier molecular flexibility index (Phi) is 13.8. The fraction of sp³-hybridized carbons (Fsp3) is 0.182. The lowest BCUT2D eigenvalue weighted by molar-refractivity contribution is 0.222. The van der Waals surface area contributed by atoms with Gasteiger partial charge in [0.15, 0.2) is 39.8 Å². The molecule has 8 aromatic rings. The van der Waals surface area contributed by atoms with Crippen molar-refractivity contribution < 1.29 is 45.6 Å². The molecule has 0 fully saturated rings. The minimum atomic E-state index is -4.27. The second-order valence-corrected chi connectivity index (χ2v) is 18.3. The van der Waals surface area contributed by atoms with Gasteiger partial charge in [0.2, 0.25) is 0 Å². The largest absolute Gasteiger partial charge is 0.497 e. The van der Waals surface area contributed by atoms with E-state index >= 15 is 0 Å². The molecule has 0 atom stereocenters. The van der Waals surface area contributed by atoms with Gasteiger partial charge in [-0.1, -0.05) is 29.8 Å². The lowest BCUT2D eigenvalue weighted by atomic mass is 10.2. The SMILES string of the molecule is COc1cc(Nc2nc3ccc(COc4cc(OC)cc(Nc5nc6ccccc6nc5NS(=O)(=O)c5ccncc5)c4OCCCO)cc3nc2NS(=O)(=O)c2cn(C)cn2)c(Cl)c(OC)c1. The molecule has 0 bridgehead atoms. The molecule has 68 heavy (non-hydrogen) atoms. The Morgan fingerprint density at radius 2 is 1.28 bits per heavy atom. The Morgan fingerprint density at radius 3 is 1.91 bits per heavy atom. The summed E-state index contributed by atoms with van der Waals surface area (Å²) in [5, 5.41) is 15.8. The molecule has 24 heteroatoms. The summed E-state index contributed by atoms with van der Waals surface area (Å²) < 4.78 is 90.0. The Morgan fingerprint density at radius 1 is 0.676 bits per heavy atom. The topological polar surface area (TPSA) is 265 Å². The van der Waals surface area contributed by atoms with Gasteiger partial charge in [-0.05, 0) is 42.0 Å². The first-order chi connectivity index (χ1) is 32.8. The lowest BCUT2D eigenvalue weighted by Crippen LogP contribution is -2.16. The number of aromatic nitrogens is 7. The van der Waals surface area contributed by atoms with E-state index in [9.17, 15) is 21.9 Å². The number of methoxy groups -OCH3 is 3. The minimum Gasteiger partial charge on any atom is -0.497 e. The number of pyridine rings is 1. The third-order valence-corrected chi connectivity index (χ3v) is 12.8. The lowest BCUT2D eigenvalue weighted by Gasteiger charge is -2.20. The number of rotatable bonds is 20. The van der Waals surface area contributed by atoms with Crippen LogP contribution in [0.4, 0.5) is 34.6 Å². The molecule has 0 amide bonds. The third kappa shape index (κ3) is 10.4. The van der Waals surface area contributed by atoms with Gasteiger partial charge in [-0.3, -0.25) is 14.4 Å². The predicted molar refractivity (Wildman–Crippen MR) is 254 cm³/mol. The van der Waals surface area contributed by atoms with Gasteiger partial charge < -0.3 is 44.0 Å². The molecule has 4 aromatic heterocycles. The second kappa shape index (κ2) is 20.0. The van der Waals surface area contributed by atoms with Crippen LogP contribution < -0.4 is 43.8 Å². The summed E-state index contributed by atoms with van der Waals surface area (Å²) in [7, 11) is -2.41. The number of fused-ring (bicyclic) bond motifs is 2. The maximum Gasteiger partial charge on any atom is 0.282 e. The number of benzene rings is 4. The standard InChI is InChI=1S/C44H42ClN11O10S2/c1-56-23-38(47-25-56)68(60,61)55-44-41(52-34-19-27(62-2)21-36(64-4)39(34)45)49-32-11-10-26(18-33(32)51-44)24-66-37-22-28(63-3)20-35(40(37)65-17-7-16-57)53-42-43(50-31-9-6-5-8-30(31)48-42)54-67(58,59)29-12-14-46-15-13-29/h5-6,8-15,18-23,25,57H,7,16-17,24H2,1-4H3,(H,48,53)(H,49,52)(H,50,54)(H,51,55). The van der Waals surface area contributed by atoms with Crippen molar-refractivity contribution in [1.82, 2.24) is 34.5 Å². The van der Waals surface area contributed by atoms with E-state index in [1.165, 1.54) is 62.9 Å². The van der Waals surface area contributed by atoms with Crippen LogP contribution in [0.1, 0.15) is 12.0 Å². The van der Waals surface area contributed by atoms with Gasteiger partial charge in [-0.25, -0.2) is 33.3 Å². The molecule has 0 aliphatic heterocycles. The van der Waals surface area contributed by atoms with Gasteiger partial charge in [0.25, 0.3) is 20.0 Å². The number of hydrogen-bond acceptors (Lipinski definition) is 18. The van der Waals surface area contributed by atoms with Crippen LogP contribution >= 0.6 is 11.6 Å². The van der Waals surface area contributed by atoms with Crippen LogP contribution in [0.15, 0.2) is 114 Å². The monoisotopic (exact) mass is 983 g/mol. The van der Waals surface area contributed by atoms with Gasteiger partial charge in [0.05, 0.1) is 72.6 Å². The number of aliphatic hydroxyl groups is 1. The summed E-state index contributed by atoms with van der Waals surface area (Å²) in [6, 6.07) is 21.1. The zero-order valence-electron chi connectivity index (χ0n) is 36.6. The highest BCUT2D eigenvalue weighted by molar-refractivity contribution is 7.93. The molecule has 352 valence electrons. The van der Waals surface area contributed by atoms with Gasteiger partial charge in [-0.15, -0.1) is 0 Å². The number of halogens is 1. The van der Waals surface area contributed by atoms with Crippen molar-refractivity contribution in [3.63, 3.8) is 0 Å². The minimum absolute atomic E-state index is 0.00344. The van der Waals surface area contributed by atoms with Crippen molar-refractivity contribution in [1.29, 1.82) is 0 Å². The number of ether oxygens (including phenoxy) is 5. The van der Waals surface area contributed by atoms with Crippen molar-refractivity contribution in [3.05, 3.63) is 114 Å². The van der Waals surface area contributed by atoms with Crippen molar-refractivity contribution in [3.8, 4) is 28.7 Å². The highest BCUT2D eigenvalue weighted by Crippen LogP contribution is 2.43. The smallest absolute Gasteiger partial charge is 0.282 e. The summed E-state index contributed by atoms with van der Waals surface area (Å²) in [6.45, 7) is -0.185. The van der Waals surface area contributed by atoms with Crippen molar-refractivity contribution >= 4 is 88.4 Å². The molecule has 4 heterocycles. The normalized spacial score (nSPS) is 11.6. The number of nitrogens with one attached hydrogen (secondary N) is 4. The van der Waals surface area contributed by atoms with Crippen molar-refractivity contribution in [2.45, 2.75) is 22.9 Å². The summed E-state index contributed by atoms with van der Waals surface area (Å²) in [4.78, 5) is 26.6. The summed E-state index contributed by atoms with van der Waals surface area (Å²) in [6.07, 6.45) is 5.67. The summed E-state index contributed by atoms with van der Waals surface area (Å²) >= 11 is 6.66. The summed E-state index contributed by atoms with van der Waals surface area (Å²) in [5.41, 5.74) is 2.67. The van der Waals surface area contributed by atoms with Gasteiger partial charge in [0.1, 0.15) is 28.9 Å². The molecule has 0 aliphatic rings. The number of anilines is 6. The van der Waals surface area contributed by atoms with Crippen LogP contribution in [0.5, 0.6) is 28.7 Å². The van der Waals surface area contributed by atoms with E-state index in [0.717, 1.165) is 0 Å². The summed E-state index contributed by atoms with van der Waals surface area (Å²) in [5.74, 6) is 1.12. The van der Waals surface area contributed by atoms with Crippen molar-refractivity contribution in [2.24, 2.45) is 7.05 Å². The zero-order valence-corrected chi connectivity index (χ0v) is 39.0. The Balaban J connectivity index is 1.15. The predicted octanol–water partition coefficient (Wildman–Crippen LogP) is 6.81. The van der Waals surface area contributed by atoms with E-state index in [1.54, 1.807) is 73.8 Å². The van der Waals surface area contributed by atoms with Gasteiger partial charge in [-0.2, -0.15) is 8.42 Å². The van der Waals surface area contributed by atoms with Gasteiger partial charge in [0, 0.05) is 62.9 Å². The fourth-order valence-corrected chi connectivity index (χ4v) is 8.77. The quantitative estimate of drug-likeness (QED) is 0.0491. The zero-order chi connectivity index (χ0) is 48.0. The Labute approximate surface area is 394 Å². The number of nitrogens with zero attached hydrogens (tertiary/aromatic N) is 7. The Bertz CT molecular complexity index is 3370. The fourth-order valence-electron chi connectivity index (χ4n) is 6.55. The molecule has 21 nitrogen and oxygen atoms in total. The molecule has 0 spiro atoms. The molecule has 0 aliphatic carbocycles. The van der Waals surface area contributed by atoms with Gasteiger partial charge >= 0.3 is 0 Å². The first-order valence-corrected chi connectivity index (χ1v) is 23.7. The van der Waals surface area contributed by atoms with E-state index in [1.807, 2.05) is 0 Å². The first kappa shape index (κ1) is 46.8. The number of aliphatic hydroxyl groups excluding tert-OH is 1. The van der Waals surface area contributed by atoms with Crippen LogP contribution in [0, 0.1) is 0 Å². The highest BCUT2D eigenvalue weighted by Gasteiger charge is 2.25. The number of hydrogen-bond donors (Lipinski definition) is 5. The van der Waals surface area contributed by atoms with E-state index in [-0.39, 0.29) is 87.2 Å². The van der Waals surface area contributed by atoms with Crippen LogP contribution in [0.2, 0.25) is 5.02 Å².